The van der Waals surface area contributed by atoms with Crippen LogP contribution in [0.25, 0.3) is 0 Å². The van der Waals surface area contributed by atoms with Gasteiger partial charge < -0.3 is 9.80 Å². The van der Waals surface area contributed by atoms with Gasteiger partial charge in [0.05, 0.1) is 10.8 Å². The number of hydrogen-bond acceptors (Lipinski definition) is 5. The number of carbonyl (C=O) groups is 1. The number of benzene rings is 1. The highest BCUT2D eigenvalue weighted by Crippen LogP contribution is 2.21. The summed E-state index contributed by atoms with van der Waals surface area (Å²) in [5, 5.41) is 4.07. The second-order valence-electron chi connectivity index (χ2n) is 7.91. The quantitative estimate of drug-likeness (QED) is 0.757. The summed E-state index contributed by atoms with van der Waals surface area (Å²) in [7, 11) is 0.191. The number of aryl methyl sites for hydroxylation is 1. The maximum atomic E-state index is 12.9. The van der Waals surface area contributed by atoms with Crippen LogP contribution in [0.5, 0.6) is 0 Å². The number of carbonyl (C=O) groups excluding carboxylic acids is 1. The van der Waals surface area contributed by atoms with Crippen molar-refractivity contribution in [2.75, 3.05) is 27.2 Å². The Labute approximate surface area is 177 Å². The number of hydrogen-bond donors (Lipinski definition) is 1. The lowest BCUT2D eigenvalue weighted by atomic mass is 10.0. The van der Waals surface area contributed by atoms with E-state index in [0.29, 0.717) is 37.4 Å². The molecule has 0 radical (unpaired) electrons. The van der Waals surface area contributed by atoms with Gasteiger partial charge in [-0.3, -0.25) is 4.79 Å². The molecule has 158 valence electrons. The van der Waals surface area contributed by atoms with Gasteiger partial charge in [0.2, 0.25) is 15.9 Å². The van der Waals surface area contributed by atoms with Gasteiger partial charge in [0.15, 0.2) is 0 Å². The molecule has 0 bridgehead atoms. The highest BCUT2D eigenvalue weighted by Gasteiger charge is 2.31. The van der Waals surface area contributed by atoms with E-state index in [-0.39, 0.29) is 17.9 Å². The van der Waals surface area contributed by atoms with Crippen molar-refractivity contribution >= 4 is 27.3 Å². The van der Waals surface area contributed by atoms with Crippen LogP contribution in [0, 0.1) is 12.8 Å². The molecule has 1 aliphatic heterocycles. The maximum Gasteiger partial charge on any atom is 0.241 e. The average Bonchev–Trinajstić information content (AvgIpc) is 3.10. The van der Waals surface area contributed by atoms with Crippen LogP contribution in [-0.4, -0.2) is 57.4 Å². The summed E-state index contributed by atoms with van der Waals surface area (Å²) in [4.78, 5) is 17.1. The van der Waals surface area contributed by atoms with Crippen molar-refractivity contribution in [2.45, 2.75) is 37.2 Å². The number of nitrogens with one attached hydrogen (secondary N) is 1. The summed E-state index contributed by atoms with van der Waals surface area (Å²) >= 11 is 1.63. The van der Waals surface area contributed by atoms with E-state index in [1.807, 2.05) is 31.6 Å². The van der Waals surface area contributed by atoms with Crippen LogP contribution in [0.15, 0.2) is 46.0 Å². The van der Waals surface area contributed by atoms with Crippen LogP contribution in [0.3, 0.4) is 0 Å². The zero-order valence-electron chi connectivity index (χ0n) is 17.2. The first kappa shape index (κ1) is 22.0. The summed E-state index contributed by atoms with van der Waals surface area (Å²) in [6.07, 6.45) is 1.30. The fourth-order valence-corrected chi connectivity index (χ4v) is 6.06. The first-order valence-electron chi connectivity index (χ1n) is 9.79. The first-order chi connectivity index (χ1) is 13.8. The highest BCUT2D eigenvalue weighted by molar-refractivity contribution is 7.89. The summed E-state index contributed by atoms with van der Waals surface area (Å²) in [5.41, 5.74) is 1.86. The molecule has 1 aliphatic rings. The van der Waals surface area contributed by atoms with Crippen LogP contribution < -0.4 is 4.72 Å². The Morgan fingerprint density at radius 2 is 2.00 bits per heavy atom. The standard InChI is InChI=1S/C21H29N3O3S2/c1-16-6-4-5-7-20(16)29(26,27)22-19-9-8-18(13-23(2)14-19)21(25)24(3)12-17-10-11-28-15-17/h4-7,10-11,15,18-19,22H,8-9,12-14H2,1-3H3/t18-,19+/m1/s1. The topological polar surface area (TPSA) is 69.7 Å². The molecule has 1 amide bonds. The number of likely N-dealkylation sites (N-methyl/N-ethyl adjacent to an activating group) is 1. The lowest BCUT2D eigenvalue weighted by Crippen LogP contribution is -2.42. The minimum Gasteiger partial charge on any atom is -0.341 e. The summed E-state index contributed by atoms with van der Waals surface area (Å²) < 4.78 is 28.5. The number of likely N-dealkylation sites (tertiary alicyclic amines) is 1. The normalized spacial score (nSPS) is 20.9. The van der Waals surface area contributed by atoms with Gasteiger partial charge in [-0.2, -0.15) is 11.3 Å². The Hall–Kier alpha value is -1.74. The minimum atomic E-state index is -3.59. The van der Waals surface area contributed by atoms with E-state index in [0.717, 1.165) is 11.1 Å². The molecule has 1 N–H and O–H groups in total. The van der Waals surface area contributed by atoms with E-state index in [4.69, 9.17) is 0 Å². The molecule has 2 heterocycles. The van der Waals surface area contributed by atoms with Gasteiger partial charge >= 0.3 is 0 Å². The van der Waals surface area contributed by atoms with Gasteiger partial charge in [-0.25, -0.2) is 13.1 Å². The summed E-state index contributed by atoms with van der Waals surface area (Å²) in [6, 6.07) is 8.80. The molecule has 6 nitrogen and oxygen atoms in total. The molecule has 1 aromatic carbocycles. The van der Waals surface area contributed by atoms with Gasteiger partial charge in [0, 0.05) is 32.7 Å². The van der Waals surface area contributed by atoms with Gasteiger partial charge in [0.25, 0.3) is 0 Å². The van der Waals surface area contributed by atoms with Crippen molar-refractivity contribution in [2.24, 2.45) is 5.92 Å². The predicted molar refractivity (Wildman–Crippen MR) is 116 cm³/mol. The zero-order valence-corrected chi connectivity index (χ0v) is 18.8. The van der Waals surface area contributed by atoms with Gasteiger partial charge in [-0.15, -0.1) is 0 Å². The number of rotatable bonds is 6. The molecule has 2 aromatic rings. The van der Waals surface area contributed by atoms with Crippen molar-refractivity contribution in [3.05, 3.63) is 52.2 Å². The van der Waals surface area contributed by atoms with Gasteiger partial charge in [0.1, 0.15) is 0 Å². The second-order valence-corrected chi connectivity index (χ2v) is 10.4. The largest absolute Gasteiger partial charge is 0.341 e. The summed E-state index contributed by atoms with van der Waals surface area (Å²) in [5.74, 6) is -0.0120. The molecule has 29 heavy (non-hydrogen) atoms. The molecular formula is C21H29N3O3S2. The monoisotopic (exact) mass is 435 g/mol. The zero-order chi connectivity index (χ0) is 21.0. The van der Waals surface area contributed by atoms with Crippen molar-refractivity contribution in [1.82, 2.24) is 14.5 Å². The highest BCUT2D eigenvalue weighted by atomic mass is 32.2. The Bertz CT molecular complexity index is 928. The third-order valence-corrected chi connectivity index (χ3v) is 7.77. The van der Waals surface area contributed by atoms with E-state index in [9.17, 15) is 13.2 Å². The van der Waals surface area contributed by atoms with Crippen LogP contribution in [0.4, 0.5) is 0 Å². The molecule has 0 spiro atoms. The predicted octanol–water partition coefficient (Wildman–Crippen LogP) is 2.70. The molecule has 1 aromatic heterocycles. The molecular weight excluding hydrogens is 406 g/mol. The Morgan fingerprint density at radius 1 is 1.24 bits per heavy atom. The summed E-state index contributed by atoms with van der Waals surface area (Å²) in [6.45, 7) is 3.62. The molecule has 0 unspecified atom stereocenters. The Kier molecular flexibility index (Phi) is 7.10. The van der Waals surface area contributed by atoms with Gasteiger partial charge in [-0.1, -0.05) is 18.2 Å². The molecule has 1 fully saturated rings. The number of sulfonamides is 1. The minimum absolute atomic E-state index is 0.116. The molecule has 0 aliphatic carbocycles. The fraction of sp³-hybridized carbons (Fsp3) is 0.476. The smallest absolute Gasteiger partial charge is 0.241 e. The van der Waals surface area contributed by atoms with E-state index < -0.39 is 10.0 Å². The number of amides is 1. The molecule has 2 atom stereocenters. The number of nitrogens with zero attached hydrogens (tertiary/aromatic N) is 2. The Balaban J connectivity index is 1.64. The molecule has 8 heteroatoms. The first-order valence-corrected chi connectivity index (χ1v) is 12.2. The second kappa shape index (κ2) is 9.38. The SMILES string of the molecule is Cc1ccccc1S(=O)(=O)N[C@H]1CC[C@@H](C(=O)N(C)Cc2ccsc2)CN(C)C1. The Morgan fingerprint density at radius 3 is 2.69 bits per heavy atom. The van der Waals surface area contributed by atoms with E-state index in [1.54, 1.807) is 41.4 Å². The molecule has 3 rings (SSSR count). The van der Waals surface area contributed by atoms with Crippen LogP contribution in [0.1, 0.15) is 24.0 Å². The van der Waals surface area contributed by atoms with E-state index >= 15 is 0 Å². The van der Waals surface area contributed by atoms with E-state index in [1.165, 1.54) is 0 Å². The third-order valence-electron chi connectivity index (χ3n) is 5.36. The average molecular weight is 436 g/mol. The molecule has 1 saturated heterocycles. The van der Waals surface area contributed by atoms with Crippen molar-refractivity contribution in [3.8, 4) is 0 Å². The van der Waals surface area contributed by atoms with Crippen molar-refractivity contribution in [1.29, 1.82) is 0 Å². The number of thiophene rings is 1. The molecule has 0 saturated carbocycles. The van der Waals surface area contributed by atoms with Crippen molar-refractivity contribution in [3.63, 3.8) is 0 Å². The lowest BCUT2D eigenvalue weighted by Gasteiger charge is -2.25. The maximum absolute atomic E-state index is 12.9. The van der Waals surface area contributed by atoms with E-state index in [2.05, 4.69) is 15.0 Å². The van der Waals surface area contributed by atoms with Crippen LogP contribution in [0.2, 0.25) is 0 Å². The van der Waals surface area contributed by atoms with Crippen LogP contribution >= 0.6 is 11.3 Å². The fourth-order valence-electron chi connectivity index (χ4n) is 3.90. The lowest BCUT2D eigenvalue weighted by molar-refractivity contribution is -0.135. The van der Waals surface area contributed by atoms with Gasteiger partial charge in [-0.05, 0) is 60.8 Å². The third kappa shape index (κ3) is 5.66. The van der Waals surface area contributed by atoms with Crippen LogP contribution in [-0.2, 0) is 21.4 Å². The van der Waals surface area contributed by atoms with Crippen molar-refractivity contribution < 1.29 is 13.2 Å².